The first-order chi connectivity index (χ1) is 11.4. The lowest BCUT2D eigenvalue weighted by Gasteiger charge is -2.06. The molecule has 1 radical (unpaired) electrons. The Morgan fingerprint density at radius 3 is 2.30 bits per heavy atom. The minimum absolute atomic E-state index is 0.519. The minimum Gasteiger partial charge on any atom is -0.239 e. The maximum atomic E-state index is 4.55. The number of nitrogens with zero attached hydrogens (tertiary/aromatic N) is 6. The van der Waals surface area contributed by atoms with Crippen molar-refractivity contribution in [2.75, 3.05) is 0 Å². The molecule has 2 aromatic heterocycles. The average molecular weight is 300 g/mol. The highest BCUT2D eigenvalue weighted by molar-refractivity contribution is 5.77. The molecular formula is C16H10N7. The van der Waals surface area contributed by atoms with E-state index in [4.69, 9.17) is 0 Å². The van der Waals surface area contributed by atoms with Crippen LogP contribution < -0.4 is 0 Å². The van der Waals surface area contributed by atoms with E-state index in [-0.39, 0.29) is 0 Å². The molecule has 0 atom stereocenters. The molecule has 4 rings (SSSR count). The van der Waals surface area contributed by atoms with Crippen molar-refractivity contribution in [2.45, 2.75) is 0 Å². The molecule has 0 fully saturated rings. The fraction of sp³-hybridized carbons (Fsp3) is 0. The van der Waals surface area contributed by atoms with Crippen molar-refractivity contribution < 1.29 is 0 Å². The minimum atomic E-state index is 0.519. The van der Waals surface area contributed by atoms with Gasteiger partial charge < -0.3 is 0 Å². The van der Waals surface area contributed by atoms with Gasteiger partial charge in [0, 0.05) is 16.7 Å². The van der Waals surface area contributed by atoms with Crippen molar-refractivity contribution in [3.63, 3.8) is 0 Å². The number of rotatable bonds is 3. The molecule has 0 saturated carbocycles. The zero-order chi connectivity index (χ0) is 15.5. The van der Waals surface area contributed by atoms with Crippen LogP contribution in [0.25, 0.3) is 34.2 Å². The van der Waals surface area contributed by atoms with Crippen LogP contribution in [-0.2, 0) is 0 Å². The highest BCUT2D eigenvalue weighted by Crippen LogP contribution is 2.27. The van der Waals surface area contributed by atoms with E-state index >= 15 is 0 Å². The quantitative estimate of drug-likeness (QED) is 0.623. The third kappa shape index (κ3) is 2.55. The number of aromatic amines is 1. The first kappa shape index (κ1) is 13.2. The van der Waals surface area contributed by atoms with Crippen molar-refractivity contribution in [3.8, 4) is 34.2 Å². The molecule has 2 heterocycles. The van der Waals surface area contributed by atoms with Gasteiger partial charge in [-0.05, 0) is 10.4 Å². The van der Waals surface area contributed by atoms with Gasteiger partial charge in [-0.15, -0.1) is 5.10 Å². The Morgan fingerprint density at radius 2 is 1.52 bits per heavy atom. The summed E-state index contributed by atoms with van der Waals surface area (Å²) in [6.07, 6.45) is 2.67. The normalized spacial score (nSPS) is 10.6. The Kier molecular flexibility index (Phi) is 3.28. The number of H-pyrrole nitrogens is 1. The highest BCUT2D eigenvalue weighted by atomic mass is 15.5. The summed E-state index contributed by atoms with van der Waals surface area (Å²) in [5.41, 5.74) is 2.53. The van der Waals surface area contributed by atoms with Gasteiger partial charge in [-0.3, -0.25) is 0 Å². The van der Waals surface area contributed by atoms with Crippen molar-refractivity contribution in [2.24, 2.45) is 0 Å². The standard InChI is InChI=1S/C16H10N7/c1-2-6-11(7-3-1)14-17-10-18-15(19-14)12-8-4-5-9-13(12)16-20-22-23-21-16/h1-9H,(H,20,21,22,23). The Labute approximate surface area is 131 Å². The fourth-order valence-corrected chi connectivity index (χ4v) is 2.26. The van der Waals surface area contributed by atoms with E-state index in [1.54, 1.807) is 0 Å². The van der Waals surface area contributed by atoms with Crippen molar-refractivity contribution in [1.82, 2.24) is 35.6 Å². The van der Waals surface area contributed by atoms with Crippen LogP contribution in [0, 0.1) is 6.33 Å². The van der Waals surface area contributed by atoms with E-state index < -0.39 is 0 Å². The third-order valence-electron chi connectivity index (χ3n) is 3.32. The molecule has 0 unspecified atom stereocenters. The van der Waals surface area contributed by atoms with Gasteiger partial charge in [-0.2, -0.15) is 0 Å². The Hall–Kier alpha value is -3.48. The maximum absolute atomic E-state index is 4.55. The first-order valence-corrected chi connectivity index (χ1v) is 6.93. The molecule has 0 aliphatic heterocycles. The second-order valence-corrected chi connectivity index (χ2v) is 4.74. The van der Waals surface area contributed by atoms with Crippen LogP contribution in [0.2, 0.25) is 0 Å². The second kappa shape index (κ2) is 5.72. The number of benzene rings is 2. The molecule has 0 saturated heterocycles. The van der Waals surface area contributed by atoms with Gasteiger partial charge in [-0.1, -0.05) is 54.6 Å². The number of tetrazole rings is 1. The number of nitrogens with one attached hydrogen (secondary N) is 1. The zero-order valence-electron chi connectivity index (χ0n) is 11.9. The summed E-state index contributed by atoms with van der Waals surface area (Å²) in [4.78, 5) is 12.9. The Bertz CT molecular complexity index is 920. The molecule has 0 aliphatic carbocycles. The number of aromatic nitrogens is 7. The average Bonchev–Trinajstić information content (AvgIpc) is 3.17. The molecular weight excluding hydrogens is 290 g/mol. The highest BCUT2D eigenvalue weighted by Gasteiger charge is 2.13. The topological polar surface area (TPSA) is 93.1 Å². The largest absolute Gasteiger partial charge is 0.239 e. The van der Waals surface area contributed by atoms with Crippen molar-refractivity contribution in [3.05, 3.63) is 60.9 Å². The Morgan fingerprint density at radius 1 is 0.783 bits per heavy atom. The monoisotopic (exact) mass is 300 g/mol. The van der Waals surface area contributed by atoms with Gasteiger partial charge in [0.15, 0.2) is 17.5 Å². The molecule has 7 nitrogen and oxygen atoms in total. The summed E-state index contributed by atoms with van der Waals surface area (Å²) < 4.78 is 0. The SMILES string of the molecule is [c]1nc(-c2ccccc2)nc(-c2ccccc2-c2nnn[nH]2)n1. The lowest BCUT2D eigenvalue weighted by molar-refractivity contribution is 0.881. The van der Waals surface area contributed by atoms with E-state index in [0.29, 0.717) is 17.5 Å². The fourth-order valence-electron chi connectivity index (χ4n) is 2.26. The molecule has 7 heteroatoms. The van der Waals surface area contributed by atoms with E-state index in [2.05, 4.69) is 41.9 Å². The van der Waals surface area contributed by atoms with Gasteiger partial charge in [0.25, 0.3) is 0 Å². The lowest BCUT2D eigenvalue weighted by atomic mass is 10.1. The second-order valence-electron chi connectivity index (χ2n) is 4.74. The third-order valence-corrected chi connectivity index (χ3v) is 3.32. The molecule has 23 heavy (non-hydrogen) atoms. The van der Waals surface area contributed by atoms with Gasteiger partial charge in [-0.25, -0.2) is 20.1 Å². The van der Waals surface area contributed by atoms with Crippen LogP contribution in [-0.4, -0.2) is 35.6 Å². The van der Waals surface area contributed by atoms with Crippen LogP contribution in [0.5, 0.6) is 0 Å². The number of hydrogen-bond donors (Lipinski definition) is 1. The predicted molar refractivity (Wildman–Crippen MR) is 82.7 cm³/mol. The van der Waals surface area contributed by atoms with Gasteiger partial charge in [0.1, 0.15) is 0 Å². The van der Waals surface area contributed by atoms with Crippen LogP contribution in [0.15, 0.2) is 54.6 Å². The van der Waals surface area contributed by atoms with Gasteiger partial charge in [0.2, 0.25) is 6.33 Å². The molecule has 1 N–H and O–H groups in total. The summed E-state index contributed by atoms with van der Waals surface area (Å²) in [6, 6.07) is 17.3. The summed E-state index contributed by atoms with van der Waals surface area (Å²) >= 11 is 0. The predicted octanol–water partition coefficient (Wildman–Crippen LogP) is 2.19. The number of hydrogen-bond acceptors (Lipinski definition) is 6. The smallest absolute Gasteiger partial charge is 0.202 e. The van der Waals surface area contributed by atoms with Crippen molar-refractivity contribution >= 4 is 0 Å². The summed E-state index contributed by atoms with van der Waals surface area (Å²) in [6.45, 7) is 0. The van der Waals surface area contributed by atoms with E-state index in [1.807, 2.05) is 54.6 Å². The summed E-state index contributed by atoms with van der Waals surface area (Å²) in [7, 11) is 0. The molecule has 0 aliphatic rings. The van der Waals surface area contributed by atoms with Crippen LogP contribution in [0.1, 0.15) is 0 Å². The lowest BCUT2D eigenvalue weighted by Crippen LogP contribution is -1.97. The molecule has 109 valence electrons. The molecule has 4 aromatic rings. The van der Waals surface area contributed by atoms with Crippen LogP contribution >= 0.6 is 0 Å². The van der Waals surface area contributed by atoms with Gasteiger partial charge in [0.05, 0.1) is 0 Å². The first-order valence-electron chi connectivity index (χ1n) is 6.93. The van der Waals surface area contributed by atoms with Crippen molar-refractivity contribution in [1.29, 1.82) is 0 Å². The summed E-state index contributed by atoms with van der Waals surface area (Å²) in [5, 5.41) is 13.9. The molecule has 0 amide bonds. The maximum Gasteiger partial charge on any atom is 0.202 e. The van der Waals surface area contributed by atoms with E-state index in [0.717, 1.165) is 16.7 Å². The Balaban J connectivity index is 1.84. The van der Waals surface area contributed by atoms with E-state index in [1.165, 1.54) is 0 Å². The van der Waals surface area contributed by atoms with Crippen LogP contribution in [0.4, 0.5) is 0 Å². The molecule has 0 bridgehead atoms. The summed E-state index contributed by atoms with van der Waals surface area (Å²) in [5.74, 6) is 1.65. The van der Waals surface area contributed by atoms with Crippen LogP contribution in [0.3, 0.4) is 0 Å². The zero-order valence-corrected chi connectivity index (χ0v) is 11.9. The van der Waals surface area contributed by atoms with E-state index in [9.17, 15) is 0 Å². The molecule has 0 spiro atoms. The van der Waals surface area contributed by atoms with Gasteiger partial charge >= 0.3 is 0 Å². The molecule has 2 aromatic carbocycles.